The number of aryl methyl sites for hydroxylation is 1. The molecule has 1 N–H and O–H groups in total. The Kier molecular flexibility index (Phi) is 14.9. The van der Waals surface area contributed by atoms with Crippen LogP contribution in [0.1, 0.15) is 40.2 Å². The van der Waals surface area contributed by atoms with Crippen molar-refractivity contribution in [1.29, 1.82) is 0 Å². The lowest BCUT2D eigenvalue weighted by molar-refractivity contribution is 0.676. The van der Waals surface area contributed by atoms with Crippen molar-refractivity contribution in [2.45, 2.75) is 46.4 Å². The van der Waals surface area contributed by atoms with Crippen molar-refractivity contribution >= 4 is 11.0 Å². The molecule has 0 aliphatic rings. The van der Waals surface area contributed by atoms with Gasteiger partial charge in [-0.2, -0.15) is 0 Å². The van der Waals surface area contributed by atoms with Crippen LogP contribution >= 0.6 is 0 Å². The third kappa shape index (κ3) is 8.98. The van der Waals surface area contributed by atoms with Crippen LogP contribution in [0.4, 0.5) is 0 Å². The van der Waals surface area contributed by atoms with Crippen molar-refractivity contribution < 1.29 is 4.21 Å². The van der Waals surface area contributed by atoms with Gasteiger partial charge in [-0.25, -0.2) is 8.93 Å². The summed E-state index contributed by atoms with van der Waals surface area (Å²) in [6, 6.07) is 7.61. The van der Waals surface area contributed by atoms with Crippen molar-refractivity contribution in [3.63, 3.8) is 0 Å². The first-order valence-corrected chi connectivity index (χ1v) is 7.50. The van der Waals surface area contributed by atoms with Crippen molar-refractivity contribution in [2.75, 3.05) is 6.54 Å². The van der Waals surface area contributed by atoms with Crippen LogP contribution in [0.25, 0.3) is 0 Å². The zero-order valence-electron chi connectivity index (χ0n) is 12.3. The lowest BCUT2D eigenvalue weighted by atomic mass is 10.2. The summed E-state index contributed by atoms with van der Waals surface area (Å²) in [5.74, 6) is 5.54. The third-order valence-electron chi connectivity index (χ3n) is 1.70. The van der Waals surface area contributed by atoms with Gasteiger partial charge in [-0.1, -0.05) is 51.3 Å². The van der Waals surface area contributed by atoms with Gasteiger partial charge in [0, 0.05) is 0 Å². The zero-order valence-corrected chi connectivity index (χ0v) is 13.1. The molecule has 0 spiro atoms. The molecule has 0 radical (unpaired) electrons. The van der Waals surface area contributed by atoms with Gasteiger partial charge in [0.25, 0.3) is 0 Å². The molecule has 18 heavy (non-hydrogen) atoms. The van der Waals surface area contributed by atoms with Gasteiger partial charge in [0.15, 0.2) is 0 Å². The monoisotopic (exact) mass is 267 g/mol. The molecule has 0 aliphatic carbocycles. The molecule has 1 rings (SSSR count). The van der Waals surface area contributed by atoms with E-state index in [1.807, 2.05) is 58.9 Å². The van der Waals surface area contributed by atoms with Crippen LogP contribution in [0.15, 0.2) is 29.2 Å². The molecule has 1 aromatic carbocycles. The summed E-state index contributed by atoms with van der Waals surface area (Å²) in [6.45, 7) is 12.2. The van der Waals surface area contributed by atoms with Crippen LogP contribution in [-0.4, -0.2) is 10.8 Å². The highest BCUT2D eigenvalue weighted by Crippen LogP contribution is 2.05. The summed E-state index contributed by atoms with van der Waals surface area (Å²) >= 11 is 0. The second-order valence-corrected chi connectivity index (χ2v) is 4.13. The molecule has 3 heteroatoms. The molecular weight excluding hydrogens is 242 g/mol. The fraction of sp³-hybridized carbons (Fsp3) is 0.467. The van der Waals surface area contributed by atoms with Gasteiger partial charge >= 0.3 is 0 Å². The van der Waals surface area contributed by atoms with Gasteiger partial charge in [-0.05, 0) is 26.0 Å². The fourth-order valence-corrected chi connectivity index (χ4v) is 1.69. The average Bonchev–Trinajstić information content (AvgIpc) is 2.44. The Morgan fingerprint density at radius 3 is 2.06 bits per heavy atom. The van der Waals surface area contributed by atoms with Crippen LogP contribution < -0.4 is 4.72 Å². The first-order valence-electron chi connectivity index (χ1n) is 6.35. The molecular formula is C15H25NOS. The van der Waals surface area contributed by atoms with E-state index in [-0.39, 0.29) is 0 Å². The van der Waals surface area contributed by atoms with Crippen molar-refractivity contribution in [3.8, 4) is 11.8 Å². The maximum atomic E-state index is 11.6. The van der Waals surface area contributed by atoms with E-state index >= 15 is 0 Å². The lowest BCUT2D eigenvalue weighted by Gasteiger charge is -2.01. The largest absolute Gasteiger partial charge is 0.237 e. The van der Waals surface area contributed by atoms with Gasteiger partial charge in [-0.3, -0.25) is 0 Å². The van der Waals surface area contributed by atoms with E-state index in [0.29, 0.717) is 6.54 Å². The molecule has 0 aliphatic heterocycles. The summed E-state index contributed by atoms with van der Waals surface area (Å²) in [7, 11) is -1.15. The second kappa shape index (κ2) is 14.0. The van der Waals surface area contributed by atoms with Crippen molar-refractivity contribution in [1.82, 2.24) is 4.72 Å². The number of hydrogen-bond donors (Lipinski definition) is 1. The van der Waals surface area contributed by atoms with E-state index < -0.39 is 11.0 Å². The van der Waals surface area contributed by atoms with E-state index in [1.54, 1.807) is 6.92 Å². The van der Waals surface area contributed by atoms with E-state index in [4.69, 9.17) is 0 Å². The summed E-state index contributed by atoms with van der Waals surface area (Å²) < 4.78 is 14.4. The van der Waals surface area contributed by atoms with Crippen molar-refractivity contribution in [3.05, 3.63) is 29.8 Å². The molecule has 0 aromatic heterocycles. The highest BCUT2D eigenvalue weighted by molar-refractivity contribution is 7.83. The predicted molar refractivity (Wildman–Crippen MR) is 81.7 cm³/mol. The van der Waals surface area contributed by atoms with Crippen LogP contribution in [-0.2, 0) is 11.0 Å². The lowest BCUT2D eigenvalue weighted by Crippen LogP contribution is -2.17. The quantitative estimate of drug-likeness (QED) is 0.832. The number of hydrogen-bond acceptors (Lipinski definition) is 1. The molecule has 0 saturated heterocycles. The van der Waals surface area contributed by atoms with Crippen LogP contribution in [0.2, 0.25) is 0 Å². The highest BCUT2D eigenvalue weighted by atomic mass is 32.2. The first kappa shape index (κ1) is 19.2. The minimum Gasteiger partial charge on any atom is -0.237 e. The first-order chi connectivity index (χ1) is 8.74. The Morgan fingerprint density at radius 1 is 1.11 bits per heavy atom. The van der Waals surface area contributed by atoms with Crippen LogP contribution in [0.5, 0.6) is 0 Å². The predicted octanol–water partition coefficient (Wildman–Crippen LogP) is 3.68. The number of rotatable bonds is 3. The SMILES string of the molecule is CC.CC.CC#CCNS(=O)c1ccc(C)cc1. The summed E-state index contributed by atoms with van der Waals surface area (Å²) in [5.41, 5.74) is 1.17. The van der Waals surface area contributed by atoms with E-state index in [0.717, 1.165) is 4.90 Å². The van der Waals surface area contributed by atoms with Gasteiger partial charge in [-0.15, -0.1) is 5.92 Å². The summed E-state index contributed by atoms with van der Waals surface area (Å²) in [5, 5.41) is 0. The topological polar surface area (TPSA) is 29.1 Å². The molecule has 0 saturated carbocycles. The minimum atomic E-state index is -1.15. The van der Waals surface area contributed by atoms with E-state index in [9.17, 15) is 4.21 Å². The molecule has 2 nitrogen and oxygen atoms in total. The van der Waals surface area contributed by atoms with Gasteiger partial charge in [0.1, 0.15) is 11.0 Å². The normalized spacial score (nSPS) is 9.67. The molecule has 0 heterocycles. The fourth-order valence-electron chi connectivity index (χ4n) is 0.935. The Hall–Kier alpha value is -1.11. The van der Waals surface area contributed by atoms with Crippen molar-refractivity contribution in [2.24, 2.45) is 0 Å². The second-order valence-electron chi connectivity index (χ2n) is 2.83. The highest BCUT2D eigenvalue weighted by Gasteiger charge is 2.00. The summed E-state index contributed by atoms with van der Waals surface area (Å²) in [4.78, 5) is 0.786. The standard InChI is InChI=1S/C11H13NOS.2C2H6/c1-3-4-9-12-14(13)11-7-5-10(2)6-8-11;2*1-2/h5-8,12H,9H2,1-2H3;2*1-2H3. The molecule has 1 atom stereocenters. The maximum Gasteiger partial charge on any atom is 0.125 e. The number of nitrogens with one attached hydrogen (secondary N) is 1. The molecule has 0 amide bonds. The Morgan fingerprint density at radius 2 is 1.61 bits per heavy atom. The van der Waals surface area contributed by atoms with Gasteiger partial charge in [0.2, 0.25) is 0 Å². The molecule has 1 unspecified atom stereocenters. The Bertz CT molecular complexity index is 374. The Balaban J connectivity index is 0. The maximum absolute atomic E-state index is 11.6. The molecule has 102 valence electrons. The molecule has 0 fully saturated rings. The smallest absolute Gasteiger partial charge is 0.125 e. The van der Waals surface area contributed by atoms with Crippen LogP contribution in [0.3, 0.4) is 0 Å². The zero-order chi connectivity index (χ0) is 14.4. The van der Waals surface area contributed by atoms with E-state index in [1.165, 1.54) is 5.56 Å². The summed E-state index contributed by atoms with van der Waals surface area (Å²) in [6.07, 6.45) is 0. The third-order valence-corrected chi connectivity index (χ3v) is 2.81. The van der Waals surface area contributed by atoms with Gasteiger partial charge < -0.3 is 0 Å². The van der Waals surface area contributed by atoms with Crippen LogP contribution in [0, 0.1) is 18.8 Å². The molecule has 0 bridgehead atoms. The molecule has 1 aromatic rings. The minimum absolute atomic E-state index is 0.455. The number of benzene rings is 1. The Labute approximate surface area is 115 Å². The van der Waals surface area contributed by atoms with E-state index in [2.05, 4.69) is 16.6 Å². The van der Waals surface area contributed by atoms with Gasteiger partial charge in [0.05, 0.1) is 11.4 Å². The average molecular weight is 267 g/mol.